The number of Topliss-reactive ketones (excluding diaryl/α,β-unsaturated/α-hetero) is 1. The summed E-state index contributed by atoms with van der Waals surface area (Å²) in [6.07, 6.45) is 1.57. The van der Waals surface area contributed by atoms with Crippen LogP contribution in [0.1, 0.15) is 24.8 Å². The van der Waals surface area contributed by atoms with Gasteiger partial charge in [0.25, 0.3) is 11.6 Å². The van der Waals surface area contributed by atoms with E-state index in [1.807, 2.05) is 0 Å². The van der Waals surface area contributed by atoms with Gasteiger partial charge in [-0.15, -0.1) is 0 Å². The second-order valence-corrected chi connectivity index (χ2v) is 6.49. The number of fused-ring (bicyclic) bond motifs is 2. The van der Waals surface area contributed by atoms with Crippen LogP contribution in [0.2, 0.25) is 0 Å². The smallest absolute Gasteiger partial charge is 0.272 e. The zero-order valence-corrected chi connectivity index (χ0v) is 12.9. The maximum atomic E-state index is 12.8. The molecule has 1 aromatic rings. The number of nitro groups is 1. The molecule has 2 amide bonds. The monoisotopic (exact) mass is 326 g/mol. The summed E-state index contributed by atoms with van der Waals surface area (Å²) in [6, 6.07) is 4.18. The van der Waals surface area contributed by atoms with E-state index in [1.165, 1.54) is 18.2 Å². The fraction of sp³-hybridized carbons (Fsp3) is 0.353. The zero-order valence-electron chi connectivity index (χ0n) is 12.9. The summed E-state index contributed by atoms with van der Waals surface area (Å²) in [7, 11) is 0. The molecule has 0 aromatic heterocycles. The molecule has 2 fully saturated rings. The number of rotatable bonds is 2. The van der Waals surface area contributed by atoms with E-state index in [1.54, 1.807) is 6.92 Å². The van der Waals surface area contributed by atoms with Crippen molar-refractivity contribution in [3.05, 3.63) is 45.0 Å². The van der Waals surface area contributed by atoms with E-state index in [2.05, 4.69) is 0 Å². The molecule has 7 heteroatoms. The van der Waals surface area contributed by atoms with Crippen LogP contribution in [0, 0.1) is 28.9 Å². The minimum absolute atomic E-state index is 0.0351. The lowest BCUT2D eigenvalue weighted by Gasteiger charge is -2.33. The Morgan fingerprint density at radius 3 is 2.62 bits per heavy atom. The van der Waals surface area contributed by atoms with Gasteiger partial charge in [0.15, 0.2) is 0 Å². The second-order valence-electron chi connectivity index (χ2n) is 6.49. The van der Waals surface area contributed by atoms with Gasteiger partial charge in [0, 0.05) is 29.5 Å². The van der Waals surface area contributed by atoms with Gasteiger partial charge < -0.3 is 0 Å². The summed E-state index contributed by atoms with van der Waals surface area (Å²) in [5.41, 5.74) is 1.90. The Hall–Kier alpha value is -2.83. The quantitative estimate of drug-likeness (QED) is 0.471. The Morgan fingerprint density at radius 1 is 1.25 bits per heavy atom. The first-order valence-electron chi connectivity index (χ1n) is 7.78. The Labute approximate surface area is 137 Å². The summed E-state index contributed by atoms with van der Waals surface area (Å²) in [6.45, 7) is 1.56. The molecule has 4 aliphatic rings. The number of hydrogen-bond acceptors (Lipinski definition) is 5. The van der Waals surface area contributed by atoms with Gasteiger partial charge in [-0.2, -0.15) is 0 Å². The first-order valence-corrected chi connectivity index (χ1v) is 7.78. The maximum Gasteiger partial charge on any atom is 0.272 e. The van der Waals surface area contributed by atoms with E-state index < -0.39 is 22.7 Å². The van der Waals surface area contributed by atoms with Gasteiger partial charge in [-0.1, -0.05) is 5.57 Å². The molecule has 2 bridgehead atoms. The van der Waals surface area contributed by atoms with Gasteiger partial charge in [-0.05, 0) is 31.9 Å². The highest BCUT2D eigenvalue weighted by Crippen LogP contribution is 2.48. The third-order valence-corrected chi connectivity index (χ3v) is 5.21. The van der Waals surface area contributed by atoms with Crippen LogP contribution in [0.4, 0.5) is 11.4 Å². The molecule has 2 unspecified atom stereocenters. The fourth-order valence-corrected chi connectivity index (χ4v) is 4.09. The summed E-state index contributed by atoms with van der Waals surface area (Å²) in [4.78, 5) is 49.2. The molecule has 5 rings (SSSR count). The third kappa shape index (κ3) is 1.81. The summed E-state index contributed by atoms with van der Waals surface area (Å²) in [5, 5.41) is 10.9. The molecular weight excluding hydrogens is 312 g/mol. The van der Waals surface area contributed by atoms with Crippen molar-refractivity contribution in [2.24, 2.45) is 11.8 Å². The Balaban J connectivity index is 1.79. The molecule has 1 saturated carbocycles. The Morgan fingerprint density at radius 2 is 2.00 bits per heavy atom. The van der Waals surface area contributed by atoms with Crippen molar-refractivity contribution in [2.45, 2.75) is 26.2 Å². The van der Waals surface area contributed by atoms with Crippen LogP contribution >= 0.6 is 0 Å². The van der Waals surface area contributed by atoms with Crippen LogP contribution in [0.3, 0.4) is 0 Å². The van der Waals surface area contributed by atoms with Gasteiger partial charge in [0.1, 0.15) is 5.78 Å². The summed E-state index contributed by atoms with van der Waals surface area (Å²) in [5.74, 6) is -1.81. The van der Waals surface area contributed by atoms with Crippen LogP contribution < -0.4 is 4.90 Å². The SMILES string of the molecule is Cc1cc(N2C(=O)C3=C4CCC(C(=O)C4)C3C2=O)ccc1[N+](=O)[O-]. The van der Waals surface area contributed by atoms with Crippen molar-refractivity contribution in [1.82, 2.24) is 0 Å². The average molecular weight is 326 g/mol. The first kappa shape index (κ1) is 14.7. The number of amides is 2. The van der Waals surface area contributed by atoms with Crippen LogP contribution in [0.15, 0.2) is 29.3 Å². The normalized spacial score (nSPS) is 25.5. The van der Waals surface area contributed by atoms with Gasteiger partial charge >= 0.3 is 0 Å². The fourth-order valence-electron chi connectivity index (χ4n) is 4.09. The number of imide groups is 1. The maximum absolute atomic E-state index is 12.8. The molecule has 24 heavy (non-hydrogen) atoms. The number of ketones is 1. The Bertz CT molecular complexity index is 870. The average Bonchev–Trinajstić information content (AvgIpc) is 2.80. The lowest BCUT2D eigenvalue weighted by atomic mass is 9.67. The lowest BCUT2D eigenvalue weighted by Crippen LogP contribution is -2.38. The molecule has 7 nitrogen and oxygen atoms in total. The molecule has 2 atom stereocenters. The molecule has 1 heterocycles. The summed E-state index contributed by atoms with van der Waals surface area (Å²) < 4.78 is 0. The zero-order chi connectivity index (χ0) is 17.2. The topological polar surface area (TPSA) is 97.6 Å². The predicted octanol–water partition coefficient (Wildman–Crippen LogP) is 2.07. The molecule has 1 aliphatic heterocycles. The van der Waals surface area contributed by atoms with Crippen molar-refractivity contribution in [3.8, 4) is 0 Å². The summed E-state index contributed by atoms with van der Waals surface area (Å²) >= 11 is 0. The number of anilines is 1. The van der Waals surface area contributed by atoms with Crippen molar-refractivity contribution in [1.29, 1.82) is 0 Å². The number of allylic oxidation sites excluding steroid dienone is 1. The molecule has 0 radical (unpaired) electrons. The van der Waals surface area contributed by atoms with E-state index in [4.69, 9.17) is 0 Å². The van der Waals surface area contributed by atoms with Gasteiger partial charge in [0.05, 0.1) is 16.5 Å². The van der Waals surface area contributed by atoms with Gasteiger partial charge in [-0.3, -0.25) is 24.5 Å². The molecule has 1 aromatic carbocycles. The minimum atomic E-state index is -0.669. The van der Waals surface area contributed by atoms with E-state index in [0.717, 1.165) is 10.5 Å². The van der Waals surface area contributed by atoms with Crippen LogP contribution in [-0.4, -0.2) is 22.5 Å². The lowest BCUT2D eigenvalue weighted by molar-refractivity contribution is -0.385. The van der Waals surface area contributed by atoms with E-state index >= 15 is 0 Å². The second kappa shape index (κ2) is 4.83. The number of hydrogen-bond donors (Lipinski definition) is 0. The highest BCUT2D eigenvalue weighted by atomic mass is 16.6. The predicted molar refractivity (Wildman–Crippen MR) is 83.2 cm³/mol. The van der Waals surface area contributed by atoms with Crippen molar-refractivity contribution < 1.29 is 19.3 Å². The number of benzene rings is 1. The highest BCUT2D eigenvalue weighted by Gasteiger charge is 2.55. The van der Waals surface area contributed by atoms with Gasteiger partial charge in [-0.25, -0.2) is 4.90 Å². The van der Waals surface area contributed by atoms with Crippen LogP contribution in [0.5, 0.6) is 0 Å². The first-order chi connectivity index (χ1) is 11.4. The van der Waals surface area contributed by atoms with Crippen molar-refractivity contribution in [3.63, 3.8) is 0 Å². The Kier molecular flexibility index (Phi) is 2.97. The van der Waals surface area contributed by atoms with Crippen LogP contribution in [0.25, 0.3) is 0 Å². The standard InChI is InChI=1S/C17H14N2O5/c1-8-6-10(3-5-12(8)19(23)24)18-16(21)14-9-2-4-11(13(20)7-9)15(14)17(18)22/h3,5-6,11,15H,2,4,7H2,1H3. The van der Waals surface area contributed by atoms with Gasteiger partial charge in [0.2, 0.25) is 5.91 Å². The molecule has 0 N–H and O–H groups in total. The van der Waals surface area contributed by atoms with E-state index in [-0.39, 0.29) is 23.8 Å². The highest BCUT2D eigenvalue weighted by molar-refractivity contribution is 6.31. The number of nitro benzene ring substituents is 1. The van der Waals surface area contributed by atoms with Crippen molar-refractivity contribution in [2.75, 3.05) is 4.90 Å². The molecule has 0 spiro atoms. The number of aryl methyl sites for hydroxylation is 1. The largest absolute Gasteiger partial charge is 0.299 e. The van der Waals surface area contributed by atoms with E-state index in [0.29, 0.717) is 29.7 Å². The number of nitrogens with zero attached hydrogens (tertiary/aromatic N) is 2. The molecule has 122 valence electrons. The molecule has 3 aliphatic carbocycles. The minimum Gasteiger partial charge on any atom is -0.299 e. The number of carbonyl (C=O) groups excluding carboxylic acids is 3. The molecule has 1 saturated heterocycles. The number of carbonyl (C=O) groups is 3. The van der Waals surface area contributed by atoms with Crippen molar-refractivity contribution >= 4 is 29.0 Å². The molecular formula is C17H14N2O5. The van der Waals surface area contributed by atoms with E-state index in [9.17, 15) is 24.5 Å². The van der Waals surface area contributed by atoms with Crippen LogP contribution in [-0.2, 0) is 14.4 Å². The third-order valence-electron chi connectivity index (χ3n) is 5.21.